The maximum absolute atomic E-state index is 11.6. The minimum absolute atomic E-state index is 0.255. The van der Waals surface area contributed by atoms with Crippen molar-refractivity contribution >= 4 is 6.09 Å². The van der Waals surface area contributed by atoms with Crippen LogP contribution in [0, 0.1) is 0 Å². The second kappa shape index (κ2) is 5.76. The van der Waals surface area contributed by atoms with Crippen LogP contribution in [0.25, 0.3) is 0 Å². The normalized spacial score (nSPS) is 13.2. The van der Waals surface area contributed by atoms with Crippen LogP contribution in [0.5, 0.6) is 0 Å². The first-order chi connectivity index (χ1) is 8.35. The zero-order valence-corrected chi connectivity index (χ0v) is 11.0. The van der Waals surface area contributed by atoms with E-state index in [-0.39, 0.29) is 12.4 Å². The number of carbonyl (C=O) groups is 1. The number of alkyl carbamates (subject to hydrolysis) is 1. The molecule has 1 rings (SSSR count). The molecule has 0 aliphatic rings. The van der Waals surface area contributed by atoms with Crippen molar-refractivity contribution in [1.82, 2.24) is 25.5 Å². The molecule has 0 radical (unpaired) electrons. The van der Waals surface area contributed by atoms with Crippen LogP contribution in [0.4, 0.5) is 4.79 Å². The molecular formula is C10H19N5O3. The Balaban J connectivity index is 2.64. The van der Waals surface area contributed by atoms with Gasteiger partial charge in [0.25, 0.3) is 0 Å². The summed E-state index contributed by atoms with van der Waals surface area (Å²) in [5.41, 5.74) is -0.599. The summed E-state index contributed by atoms with van der Waals surface area (Å²) in [6.45, 7) is 7.37. The van der Waals surface area contributed by atoms with E-state index in [1.165, 1.54) is 4.80 Å². The fourth-order valence-corrected chi connectivity index (χ4v) is 1.17. The first kappa shape index (κ1) is 14.4. The van der Waals surface area contributed by atoms with E-state index in [1.54, 1.807) is 20.8 Å². The number of tetrazole rings is 1. The number of aliphatic hydroxyl groups is 1. The number of ether oxygens (including phenoxy) is 1. The summed E-state index contributed by atoms with van der Waals surface area (Å²) in [7, 11) is 0. The monoisotopic (exact) mass is 257 g/mol. The Kier molecular flexibility index (Phi) is 4.60. The Hall–Kier alpha value is -1.70. The summed E-state index contributed by atoms with van der Waals surface area (Å²) in [5.74, 6) is 0.255. The van der Waals surface area contributed by atoms with Gasteiger partial charge >= 0.3 is 6.09 Å². The third-order valence-corrected chi connectivity index (χ3v) is 1.94. The molecule has 0 aliphatic carbocycles. The van der Waals surface area contributed by atoms with Gasteiger partial charge in [-0.1, -0.05) is 0 Å². The van der Waals surface area contributed by atoms with E-state index in [0.717, 1.165) is 0 Å². The largest absolute Gasteiger partial charge is 0.444 e. The number of hydrogen-bond donors (Lipinski definition) is 2. The summed E-state index contributed by atoms with van der Waals surface area (Å²) in [6.07, 6.45) is -0.630. The molecule has 18 heavy (non-hydrogen) atoms. The van der Waals surface area contributed by atoms with Crippen molar-refractivity contribution in [3.63, 3.8) is 0 Å². The number of amides is 1. The van der Waals surface area contributed by atoms with Crippen LogP contribution < -0.4 is 5.32 Å². The molecule has 2 N–H and O–H groups in total. The molecule has 1 aromatic heterocycles. The standard InChI is InChI=1S/C10H19N5O3/c1-5-15-13-8(12-14-15)7(6-16)11-9(17)18-10(2,3)4/h7,16H,5-6H2,1-4H3,(H,11,17)/t7-/m0/s1. The van der Waals surface area contributed by atoms with Gasteiger partial charge in [0.1, 0.15) is 11.6 Å². The predicted molar refractivity (Wildman–Crippen MR) is 62.7 cm³/mol. The van der Waals surface area contributed by atoms with Crippen LogP contribution >= 0.6 is 0 Å². The van der Waals surface area contributed by atoms with Gasteiger partial charge < -0.3 is 15.2 Å². The SMILES string of the molecule is CCn1nnc([C@H](CO)NC(=O)OC(C)(C)C)n1. The second-order valence-electron chi connectivity index (χ2n) is 4.72. The zero-order chi connectivity index (χ0) is 13.8. The lowest BCUT2D eigenvalue weighted by atomic mass is 10.2. The van der Waals surface area contributed by atoms with Crippen molar-refractivity contribution in [3.05, 3.63) is 5.82 Å². The van der Waals surface area contributed by atoms with Gasteiger partial charge in [-0.25, -0.2) is 4.79 Å². The number of carbonyl (C=O) groups excluding carboxylic acids is 1. The third-order valence-electron chi connectivity index (χ3n) is 1.94. The lowest BCUT2D eigenvalue weighted by Crippen LogP contribution is -2.36. The molecule has 0 aromatic carbocycles. The van der Waals surface area contributed by atoms with E-state index in [9.17, 15) is 9.90 Å². The third kappa shape index (κ3) is 4.28. The van der Waals surface area contributed by atoms with E-state index >= 15 is 0 Å². The smallest absolute Gasteiger partial charge is 0.408 e. The van der Waals surface area contributed by atoms with Gasteiger partial charge in [-0.3, -0.25) is 0 Å². The molecule has 1 amide bonds. The molecule has 0 fully saturated rings. The van der Waals surface area contributed by atoms with Gasteiger partial charge in [-0.05, 0) is 32.9 Å². The zero-order valence-electron chi connectivity index (χ0n) is 11.0. The number of hydrogen-bond acceptors (Lipinski definition) is 6. The van der Waals surface area contributed by atoms with Crippen molar-refractivity contribution < 1.29 is 14.6 Å². The summed E-state index contributed by atoms with van der Waals surface area (Å²) in [4.78, 5) is 12.9. The highest BCUT2D eigenvalue weighted by Gasteiger charge is 2.22. The van der Waals surface area contributed by atoms with Crippen LogP contribution in [-0.2, 0) is 11.3 Å². The molecular weight excluding hydrogens is 238 g/mol. The summed E-state index contributed by atoms with van der Waals surface area (Å²) in [5, 5.41) is 23.2. The van der Waals surface area contributed by atoms with Gasteiger partial charge in [0.2, 0.25) is 0 Å². The number of aryl methyl sites for hydroxylation is 1. The fourth-order valence-electron chi connectivity index (χ4n) is 1.17. The molecule has 0 saturated heterocycles. The lowest BCUT2D eigenvalue weighted by Gasteiger charge is -2.21. The Morgan fingerprint density at radius 2 is 2.22 bits per heavy atom. The van der Waals surface area contributed by atoms with Crippen LogP contribution in [0.3, 0.4) is 0 Å². The number of rotatable bonds is 4. The molecule has 0 bridgehead atoms. The Morgan fingerprint density at radius 1 is 1.56 bits per heavy atom. The molecule has 1 atom stereocenters. The average Bonchev–Trinajstić information content (AvgIpc) is 2.71. The van der Waals surface area contributed by atoms with Gasteiger partial charge in [-0.15, -0.1) is 10.2 Å². The number of aliphatic hydroxyl groups excluding tert-OH is 1. The van der Waals surface area contributed by atoms with Crippen molar-refractivity contribution in [3.8, 4) is 0 Å². The molecule has 1 aromatic rings. The average molecular weight is 257 g/mol. The number of nitrogens with zero attached hydrogens (tertiary/aromatic N) is 4. The quantitative estimate of drug-likeness (QED) is 0.801. The summed E-state index contributed by atoms with van der Waals surface area (Å²) in [6, 6.07) is -0.722. The minimum atomic E-state index is -0.722. The first-order valence-electron chi connectivity index (χ1n) is 5.73. The van der Waals surface area contributed by atoms with Crippen molar-refractivity contribution in [2.24, 2.45) is 0 Å². The van der Waals surface area contributed by atoms with Crippen LogP contribution in [-0.4, -0.2) is 43.6 Å². The summed E-state index contributed by atoms with van der Waals surface area (Å²) >= 11 is 0. The predicted octanol–water partition coefficient (Wildman–Crippen LogP) is 0.251. The van der Waals surface area contributed by atoms with Crippen molar-refractivity contribution in [1.29, 1.82) is 0 Å². The second-order valence-corrected chi connectivity index (χ2v) is 4.72. The van der Waals surface area contributed by atoms with Crippen LogP contribution in [0.2, 0.25) is 0 Å². The van der Waals surface area contributed by atoms with Crippen molar-refractivity contribution in [2.45, 2.75) is 45.9 Å². The van der Waals surface area contributed by atoms with E-state index < -0.39 is 17.7 Å². The van der Waals surface area contributed by atoms with Gasteiger partial charge in [0, 0.05) is 0 Å². The highest BCUT2D eigenvalue weighted by atomic mass is 16.6. The Bertz CT molecular complexity index is 398. The molecule has 0 aliphatic heterocycles. The molecule has 0 saturated carbocycles. The molecule has 0 unspecified atom stereocenters. The van der Waals surface area contributed by atoms with Crippen molar-refractivity contribution in [2.75, 3.05) is 6.61 Å². The van der Waals surface area contributed by atoms with E-state index in [2.05, 4.69) is 20.7 Å². The van der Waals surface area contributed by atoms with Gasteiger partial charge in [0.05, 0.1) is 13.2 Å². The highest BCUT2D eigenvalue weighted by Crippen LogP contribution is 2.10. The molecule has 102 valence electrons. The topological polar surface area (TPSA) is 102 Å². The van der Waals surface area contributed by atoms with Gasteiger partial charge in [-0.2, -0.15) is 4.80 Å². The fraction of sp³-hybridized carbons (Fsp3) is 0.800. The molecule has 1 heterocycles. The van der Waals surface area contributed by atoms with E-state index in [0.29, 0.717) is 6.54 Å². The van der Waals surface area contributed by atoms with Gasteiger partial charge in [0.15, 0.2) is 5.82 Å². The highest BCUT2D eigenvalue weighted by molar-refractivity contribution is 5.68. The van der Waals surface area contributed by atoms with E-state index in [1.807, 2.05) is 6.92 Å². The first-order valence-corrected chi connectivity index (χ1v) is 5.73. The van der Waals surface area contributed by atoms with Crippen LogP contribution in [0.15, 0.2) is 0 Å². The van der Waals surface area contributed by atoms with Crippen LogP contribution in [0.1, 0.15) is 39.6 Å². The maximum atomic E-state index is 11.6. The maximum Gasteiger partial charge on any atom is 0.408 e. The number of nitrogens with one attached hydrogen (secondary N) is 1. The molecule has 8 heteroatoms. The Morgan fingerprint density at radius 3 is 2.67 bits per heavy atom. The number of aromatic nitrogens is 4. The molecule has 0 spiro atoms. The summed E-state index contributed by atoms with van der Waals surface area (Å²) < 4.78 is 5.08. The minimum Gasteiger partial charge on any atom is -0.444 e. The lowest BCUT2D eigenvalue weighted by molar-refractivity contribution is 0.0478. The molecule has 8 nitrogen and oxygen atoms in total. The van der Waals surface area contributed by atoms with E-state index in [4.69, 9.17) is 4.74 Å². The Labute approximate surface area is 105 Å².